The first-order valence-corrected chi connectivity index (χ1v) is 10.9. The molecule has 0 unspecified atom stereocenters. The maximum absolute atomic E-state index is 13.6. The van der Waals surface area contributed by atoms with E-state index in [1.807, 2.05) is 23.1 Å². The summed E-state index contributed by atoms with van der Waals surface area (Å²) in [5.74, 6) is -0.975. The Morgan fingerprint density at radius 3 is 2.56 bits per heavy atom. The highest BCUT2D eigenvalue weighted by atomic mass is 19.1. The largest absolute Gasteiger partial charge is 0.345 e. The number of benzene rings is 1. The van der Waals surface area contributed by atoms with Gasteiger partial charge in [-0.25, -0.2) is 4.39 Å². The Morgan fingerprint density at radius 2 is 1.94 bits per heavy atom. The number of amides is 3. The second-order valence-electron chi connectivity index (χ2n) is 8.55. The van der Waals surface area contributed by atoms with Crippen molar-refractivity contribution in [3.63, 3.8) is 0 Å². The Hall–Kier alpha value is -3.29. The van der Waals surface area contributed by atoms with Crippen molar-refractivity contribution in [2.45, 2.75) is 25.3 Å². The average Bonchev–Trinajstić information content (AvgIpc) is 3.15. The molecule has 1 aromatic carbocycles. The third-order valence-electron chi connectivity index (χ3n) is 6.39. The standard InChI is InChI=1S/C24H27FN4O3/c1-28-15-18(14-21(28)30)24(32)29-11-8-16(9-12-29)22(20-7-2-3-10-26-20)27-23(31)17-5-4-6-19(25)13-17/h2-7,10,13,16,18,22H,8-9,11-12,14-15H2,1H3,(H,27,31)/t18-,22+/m1/s1. The van der Waals surface area contributed by atoms with Gasteiger partial charge in [-0.1, -0.05) is 12.1 Å². The number of piperidine rings is 1. The first kappa shape index (κ1) is 21.9. The first-order chi connectivity index (χ1) is 15.4. The predicted molar refractivity (Wildman–Crippen MR) is 116 cm³/mol. The van der Waals surface area contributed by atoms with E-state index in [0.29, 0.717) is 32.5 Å². The van der Waals surface area contributed by atoms with Crippen molar-refractivity contribution in [1.29, 1.82) is 0 Å². The molecular formula is C24H27FN4O3. The van der Waals surface area contributed by atoms with E-state index in [-0.39, 0.29) is 47.6 Å². The van der Waals surface area contributed by atoms with Crippen LogP contribution in [0.1, 0.15) is 41.4 Å². The number of halogens is 1. The van der Waals surface area contributed by atoms with Crippen LogP contribution >= 0.6 is 0 Å². The summed E-state index contributed by atoms with van der Waals surface area (Å²) in [7, 11) is 1.72. The van der Waals surface area contributed by atoms with Gasteiger partial charge in [-0.15, -0.1) is 0 Å². The summed E-state index contributed by atoms with van der Waals surface area (Å²) < 4.78 is 13.6. The van der Waals surface area contributed by atoms with Gasteiger partial charge >= 0.3 is 0 Å². The highest BCUT2D eigenvalue weighted by Crippen LogP contribution is 2.31. The molecule has 32 heavy (non-hydrogen) atoms. The lowest BCUT2D eigenvalue weighted by atomic mass is 9.86. The molecule has 2 aliphatic rings. The van der Waals surface area contributed by atoms with Gasteiger partial charge in [-0.3, -0.25) is 19.4 Å². The van der Waals surface area contributed by atoms with Gasteiger partial charge in [0.2, 0.25) is 11.8 Å². The van der Waals surface area contributed by atoms with E-state index in [2.05, 4.69) is 10.3 Å². The van der Waals surface area contributed by atoms with Crippen molar-refractivity contribution < 1.29 is 18.8 Å². The van der Waals surface area contributed by atoms with Gasteiger partial charge in [0.1, 0.15) is 5.82 Å². The zero-order valence-corrected chi connectivity index (χ0v) is 18.0. The zero-order chi connectivity index (χ0) is 22.7. The number of hydrogen-bond donors (Lipinski definition) is 1. The van der Waals surface area contributed by atoms with Gasteiger partial charge in [0.25, 0.3) is 5.91 Å². The van der Waals surface area contributed by atoms with Gasteiger partial charge in [-0.05, 0) is 49.1 Å². The molecule has 168 valence electrons. The van der Waals surface area contributed by atoms with Gasteiger partial charge in [0.05, 0.1) is 17.7 Å². The number of nitrogens with one attached hydrogen (secondary N) is 1. The molecule has 1 N–H and O–H groups in total. The molecule has 3 amide bonds. The molecule has 3 heterocycles. The highest BCUT2D eigenvalue weighted by molar-refractivity contribution is 5.94. The summed E-state index contributed by atoms with van der Waals surface area (Å²) in [6, 6.07) is 10.8. The first-order valence-electron chi connectivity index (χ1n) is 10.9. The molecule has 0 spiro atoms. The molecule has 2 saturated heterocycles. The van der Waals surface area contributed by atoms with Crippen LogP contribution in [-0.2, 0) is 9.59 Å². The van der Waals surface area contributed by atoms with E-state index in [4.69, 9.17) is 0 Å². The summed E-state index contributed by atoms with van der Waals surface area (Å²) in [4.78, 5) is 45.4. The van der Waals surface area contributed by atoms with Gasteiger partial charge in [-0.2, -0.15) is 0 Å². The molecule has 4 rings (SSSR count). The van der Waals surface area contributed by atoms with Crippen LogP contribution < -0.4 is 5.32 Å². The Balaban J connectivity index is 1.44. The van der Waals surface area contributed by atoms with E-state index in [1.165, 1.54) is 18.2 Å². The molecule has 1 aromatic heterocycles. The Bertz CT molecular complexity index is 992. The number of carbonyl (C=O) groups is 3. The Labute approximate surface area is 186 Å². The molecule has 0 radical (unpaired) electrons. The van der Waals surface area contributed by atoms with Crippen molar-refractivity contribution in [2.24, 2.45) is 11.8 Å². The van der Waals surface area contributed by atoms with Gasteiger partial charge < -0.3 is 15.1 Å². The average molecular weight is 439 g/mol. The molecule has 8 heteroatoms. The number of hydrogen-bond acceptors (Lipinski definition) is 4. The molecule has 0 bridgehead atoms. The van der Waals surface area contributed by atoms with E-state index in [1.54, 1.807) is 24.2 Å². The normalized spacial score (nSPS) is 20.3. The van der Waals surface area contributed by atoms with Crippen LogP contribution in [-0.4, -0.2) is 59.2 Å². The van der Waals surface area contributed by atoms with Crippen LogP contribution in [0.25, 0.3) is 0 Å². The number of carbonyl (C=O) groups excluding carboxylic acids is 3. The van der Waals surface area contributed by atoms with Gasteiger partial charge in [0.15, 0.2) is 0 Å². The topological polar surface area (TPSA) is 82.6 Å². The molecular weight excluding hydrogens is 411 g/mol. The van der Waals surface area contributed by atoms with Gasteiger partial charge in [0, 0.05) is 44.9 Å². The van der Waals surface area contributed by atoms with Crippen LogP contribution in [0.5, 0.6) is 0 Å². The van der Waals surface area contributed by atoms with E-state index in [0.717, 1.165) is 5.69 Å². The van der Waals surface area contributed by atoms with E-state index in [9.17, 15) is 18.8 Å². The molecule has 7 nitrogen and oxygen atoms in total. The summed E-state index contributed by atoms with van der Waals surface area (Å²) in [5, 5.41) is 3.03. The number of aromatic nitrogens is 1. The maximum atomic E-state index is 13.6. The number of pyridine rings is 1. The second-order valence-corrected chi connectivity index (χ2v) is 8.55. The van der Waals surface area contributed by atoms with Crippen LogP contribution in [0.2, 0.25) is 0 Å². The molecule has 0 aliphatic carbocycles. The highest BCUT2D eigenvalue weighted by Gasteiger charge is 2.37. The third-order valence-corrected chi connectivity index (χ3v) is 6.39. The van der Waals surface area contributed by atoms with Crippen LogP contribution in [0, 0.1) is 17.7 Å². The summed E-state index contributed by atoms with van der Waals surface area (Å²) in [5.41, 5.74) is 0.999. The number of nitrogens with zero attached hydrogens (tertiary/aromatic N) is 3. The minimum Gasteiger partial charge on any atom is -0.345 e. The van der Waals surface area contributed by atoms with Crippen LogP contribution in [0.4, 0.5) is 4.39 Å². The number of likely N-dealkylation sites (tertiary alicyclic amines) is 2. The SMILES string of the molecule is CN1C[C@H](C(=O)N2CCC([C@H](NC(=O)c3cccc(F)c3)c3ccccn3)CC2)CC1=O. The summed E-state index contributed by atoms with van der Waals surface area (Å²) in [6.45, 7) is 1.60. The predicted octanol–water partition coefficient (Wildman–Crippen LogP) is 2.41. The lowest BCUT2D eigenvalue weighted by Crippen LogP contribution is -2.45. The van der Waals surface area contributed by atoms with Crippen molar-refractivity contribution >= 4 is 17.7 Å². The Kier molecular flexibility index (Phi) is 6.48. The van der Waals surface area contributed by atoms with E-state index >= 15 is 0 Å². The molecule has 2 atom stereocenters. The minimum atomic E-state index is -0.463. The van der Waals surface area contributed by atoms with Crippen molar-refractivity contribution in [3.05, 3.63) is 65.7 Å². The summed E-state index contributed by atoms with van der Waals surface area (Å²) >= 11 is 0. The zero-order valence-electron chi connectivity index (χ0n) is 18.0. The lowest BCUT2D eigenvalue weighted by Gasteiger charge is -2.37. The van der Waals surface area contributed by atoms with Crippen molar-refractivity contribution in [3.8, 4) is 0 Å². The van der Waals surface area contributed by atoms with E-state index < -0.39 is 5.82 Å². The van der Waals surface area contributed by atoms with Crippen molar-refractivity contribution in [1.82, 2.24) is 20.1 Å². The second kappa shape index (κ2) is 9.46. The van der Waals surface area contributed by atoms with Crippen LogP contribution in [0.3, 0.4) is 0 Å². The van der Waals surface area contributed by atoms with Crippen LogP contribution in [0.15, 0.2) is 48.7 Å². The maximum Gasteiger partial charge on any atom is 0.251 e. The fourth-order valence-corrected chi connectivity index (χ4v) is 4.59. The molecule has 0 saturated carbocycles. The number of rotatable bonds is 5. The Morgan fingerprint density at radius 1 is 1.16 bits per heavy atom. The molecule has 2 fully saturated rings. The fourth-order valence-electron chi connectivity index (χ4n) is 4.59. The fraction of sp³-hybridized carbons (Fsp3) is 0.417. The molecule has 2 aliphatic heterocycles. The lowest BCUT2D eigenvalue weighted by molar-refractivity contribution is -0.137. The third kappa shape index (κ3) is 4.79. The minimum absolute atomic E-state index is 0.00788. The quantitative estimate of drug-likeness (QED) is 0.777. The molecule has 2 aromatic rings. The summed E-state index contributed by atoms with van der Waals surface area (Å²) in [6.07, 6.45) is 3.36. The monoisotopic (exact) mass is 438 g/mol. The smallest absolute Gasteiger partial charge is 0.251 e. The van der Waals surface area contributed by atoms with Crippen molar-refractivity contribution in [2.75, 3.05) is 26.7 Å².